The molecule has 2 fully saturated rings. The number of benzene rings is 2. The summed E-state index contributed by atoms with van der Waals surface area (Å²) >= 11 is 9.69. The molecule has 5 N–H and O–H groups in total. The molecule has 4 rings (SSSR count). The molecule has 9 nitrogen and oxygen atoms in total. The third-order valence-corrected chi connectivity index (χ3v) is 7.81. The first-order chi connectivity index (χ1) is 19.4. The molecule has 0 radical (unpaired) electrons. The lowest BCUT2D eigenvalue weighted by Gasteiger charge is -2.25. The summed E-state index contributed by atoms with van der Waals surface area (Å²) in [6.07, 6.45) is 7.18. The van der Waals surface area contributed by atoms with E-state index in [2.05, 4.69) is 52.7 Å². The van der Waals surface area contributed by atoms with Crippen molar-refractivity contribution in [2.75, 3.05) is 51.9 Å². The number of rotatable bonds is 7. The van der Waals surface area contributed by atoms with Crippen LogP contribution in [0.1, 0.15) is 59.2 Å². The summed E-state index contributed by atoms with van der Waals surface area (Å²) in [6.45, 7) is 2.41. The second-order valence-corrected chi connectivity index (χ2v) is 12.7. The number of hydrogen-bond donors (Lipinski definition) is 5. The fourth-order valence-electron chi connectivity index (χ4n) is 4.30. The Labute approximate surface area is 267 Å². The molecule has 0 aromatic heterocycles. The molecule has 0 unspecified atom stereocenters. The Bertz CT molecular complexity index is 1060. The maximum Gasteiger partial charge on any atom is 0.335 e. The number of halogens is 3. The summed E-state index contributed by atoms with van der Waals surface area (Å²) < 4.78 is 2.25. The normalized spacial score (nSPS) is 16.2. The predicted octanol–water partition coefficient (Wildman–Crippen LogP) is 5.73. The number of aliphatic hydroxyl groups is 3. The molecule has 0 spiro atoms. The van der Waals surface area contributed by atoms with Gasteiger partial charge in [-0.05, 0) is 82.1 Å². The summed E-state index contributed by atoms with van der Waals surface area (Å²) in [6, 6.07) is 10.1. The molecule has 230 valence electrons. The van der Waals surface area contributed by atoms with Crippen molar-refractivity contribution in [2.45, 2.75) is 44.6 Å². The van der Waals surface area contributed by atoms with Crippen LogP contribution in [0.4, 0.5) is 5.69 Å². The zero-order valence-electron chi connectivity index (χ0n) is 23.5. The van der Waals surface area contributed by atoms with Gasteiger partial charge >= 0.3 is 11.9 Å². The van der Waals surface area contributed by atoms with Gasteiger partial charge in [0.1, 0.15) is 0 Å². The molecule has 1 aliphatic carbocycles. The number of aliphatic hydroxyl groups excluding tert-OH is 3. The Morgan fingerprint density at radius 1 is 0.780 bits per heavy atom. The van der Waals surface area contributed by atoms with Crippen LogP contribution in [0.3, 0.4) is 0 Å². The Morgan fingerprint density at radius 2 is 1.29 bits per heavy atom. The van der Waals surface area contributed by atoms with E-state index in [1.54, 1.807) is 30.3 Å². The Morgan fingerprint density at radius 3 is 1.68 bits per heavy atom. The van der Waals surface area contributed by atoms with Crippen molar-refractivity contribution in [2.24, 2.45) is 5.92 Å². The molecule has 1 aliphatic heterocycles. The van der Waals surface area contributed by atoms with E-state index in [4.69, 9.17) is 20.4 Å². The van der Waals surface area contributed by atoms with Crippen LogP contribution in [-0.2, 0) is 0 Å². The minimum Gasteiger partial charge on any atom is -0.478 e. The fourth-order valence-corrected chi connectivity index (χ4v) is 6.07. The summed E-state index contributed by atoms with van der Waals surface area (Å²) in [5.74, 6) is -1.21. The summed E-state index contributed by atoms with van der Waals surface area (Å²) in [5, 5.41) is 43.6. The molecule has 1 saturated carbocycles. The molecule has 41 heavy (non-hydrogen) atoms. The first-order valence-corrected chi connectivity index (χ1v) is 15.8. The maximum absolute atomic E-state index is 11.0. The lowest BCUT2D eigenvalue weighted by atomic mass is 10.1. The zero-order valence-corrected chi connectivity index (χ0v) is 28.2. The Hall–Kier alpha value is -1.54. The van der Waals surface area contributed by atoms with Crippen LogP contribution in [0, 0.1) is 5.92 Å². The van der Waals surface area contributed by atoms with Gasteiger partial charge in [-0.2, -0.15) is 0 Å². The monoisotopic (exact) mass is 766 g/mol. The number of carboxylic acid groups (broad SMARTS) is 2. The summed E-state index contributed by atoms with van der Waals surface area (Å²) in [7, 11) is 3.85. The van der Waals surface area contributed by atoms with Crippen LogP contribution in [0.2, 0.25) is 0 Å². The third-order valence-electron chi connectivity index (χ3n) is 6.44. The second-order valence-electron chi connectivity index (χ2n) is 10.00. The van der Waals surface area contributed by atoms with Crippen LogP contribution < -0.4 is 4.90 Å². The van der Waals surface area contributed by atoms with Crippen molar-refractivity contribution < 1.29 is 35.1 Å². The number of carboxylic acids is 2. The number of carbonyl (C=O) groups is 2. The van der Waals surface area contributed by atoms with Crippen molar-refractivity contribution in [1.29, 1.82) is 0 Å². The van der Waals surface area contributed by atoms with Gasteiger partial charge in [-0.25, -0.2) is 9.59 Å². The van der Waals surface area contributed by atoms with Crippen LogP contribution in [0.5, 0.6) is 0 Å². The molecular formula is C29H41Br3N2O7. The van der Waals surface area contributed by atoms with E-state index in [1.807, 2.05) is 25.1 Å². The van der Waals surface area contributed by atoms with E-state index in [0.29, 0.717) is 12.5 Å². The Balaban J connectivity index is 0.000000300. The van der Waals surface area contributed by atoms with Gasteiger partial charge < -0.3 is 35.3 Å². The van der Waals surface area contributed by atoms with Gasteiger partial charge in [0.15, 0.2) is 0 Å². The molecule has 12 heteroatoms. The van der Waals surface area contributed by atoms with Crippen molar-refractivity contribution in [1.82, 2.24) is 4.90 Å². The number of hydrogen-bond acceptors (Lipinski definition) is 7. The highest BCUT2D eigenvalue weighted by molar-refractivity contribution is 9.11. The van der Waals surface area contributed by atoms with Gasteiger partial charge in [-0.15, -0.1) is 0 Å². The molecule has 1 heterocycles. The van der Waals surface area contributed by atoms with Gasteiger partial charge in [0.2, 0.25) is 0 Å². The van der Waals surface area contributed by atoms with Crippen molar-refractivity contribution in [3.05, 3.63) is 60.9 Å². The van der Waals surface area contributed by atoms with Gasteiger partial charge in [0.05, 0.1) is 30.4 Å². The number of likely N-dealkylation sites (N-methyl/N-ethyl adjacent to an activating group) is 1. The minimum atomic E-state index is -0.938. The van der Waals surface area contributed by atoms with Crippen LogP contribution in [0.25, 0.3) is 0 Å². The minimum absolute atomic E-state index is 0.103. The topological polar surface area (TPSA) is 142 Å². The van der Waals surface area contributed by atoms with Crippen LogP contribution >= 0.6 is 47.8 Å². The first-order valence-electron chi connectivity index (χ1n) is 13.4. The van der Waals surface area contributed by atoms with E-state index in [1.165, 1.54) is 25.7 Å². The van der Waals surface area contributed by atoms with Crippen molar-refractivity contribution >= 4 is 65.4 Å². The Kier molecular flexibility index (Phi) is 18.6. The summed E-state index contributed by atoms with van der Waals surface area (Å²) in [4.78, 5) is 25.4. The van der Waals surface area contributed by atoms with Gasteiger partial charge in [0.25, 0.3) is 0 Å². The molecule has 2 aliphatic rings. The largest absolute Gasteiger partial charge is 0.478 e. The van der Waals surface area contributed by atoms with Crippen LogP contribution in [0.15, 0.2) is 49.8 Å². The molecule has 1 atom stereocenters. The highest BCUT2D eigenvalue weighted by Crippen LogP contribution is 2.29. The lowest BCUT2D eigenvalue weighted by molar-refractivity contribution is 0.0686. The van der Waals surface area contributed by atoms with E-state index < -0.39 is 11.9 Å². The SMILES string of the molecule is CN(C)CCO.O=C(O)c1cc(Br)cc(Br)c1.O=C(O)c1cc(Br)cc(N2CCC[C@@H]2CO)c1.OCC1CCCC1. The molecule has 2 aromatic carbocycles. The lowest BCUT2D eigenvalue weighted by Crippen LogP contribution is -2.32. The zero-order chi connectivity index (χ0) is 30.9. The van der Waals surface area contributed by atoms with E-state index in [0.717, 1.165) is 45.0 Å². The number of anilines is 1. The standard InChI is InChI=1S/C12H14BrNO3.C7H4Br2O2.C6H12O.C4H11NO/c13-9-4-8(12(16)17)5-11(6-9)14-3-1-2-10(14)7-15;8-5-1-4(7(10)11)2-6(9)3-5;7-5-6-3-1-2-4-6;1-5(2)3-4-6/h4-6,10,15H,1-3,7H2,(H,16,17);1-3H,(H,10,11);6-7H,1-5H2;6H,3-4H2,1-2H3/t10-;;;/m1.../s1. The molecular weight excluding hydrogens is 728 g/mol. The molecule has 0 bridgehead atoms. The molecule has 2 aromatic rings. The van der Waals surface area contributed by atoms with Crippen molar-refractivity contribution in [3.8, 4) is 0 Å². The highest BCUT2D eigenvalue weighted by Gasteiger charge is 2.24. The quantitative estimate of drug-likeness (QED) is 0.239. The third kappa shape index (κ3) is 15.0. The fraction of sp³-hybridized carbons (Fsp3) is 0.517. The van der Waals surface area contributed by atoms with Crippen LogP contribution in [-0.4, -0.2) is 95.4 Å². The van der Waals surface area contributed by atoms with E-state index >= 15 is 0 Å². The van der Waals surface area contributed by atoms with E-state index in [-0.39, 0.29) is 30.4 Å². The maximum atomic E-state index is 11.0. The predicted molar refractivity (Wildman–Crippen MR) is 172 cm³/mol. The summed E-state index contributed by atoms with van der Waals surface area (Å²) in [5.41, 5.74) is 1.39. The first kappa shape index (κ1) is 37.5. The van der Waals surface area contributed by atoms with Crippen molar-refractivity contribution in [3.63, 3.8) is 0 Å². The average Bonchev–Trinajstić information content (AvgIpc) is 3.61. The smallest absolute Gasteiger partial charge is 0.335 e. The van der Waals surface area contributed by atoms with Gasteiger partial charge in [-0.1, -0.05) is 60.6 Å². The van der Waals surface area contributed by atoms with Gasteiger partial charge in [0, 0.05) is 38.8 Å². The molecule has 1 saturated heterocycles. The molecule has 0 amide bonds. The average molecular weight is 769 g/mol. The second kappa shape index (κ2) is 20.4. The van der Waals surface area contributed by atoms with E-state index in [9.17, 15) is 14.7 Å². The number of nitrogens with zero attached hydrogens (tertiary/aromatic N) is 2. The highest BCUT2D eigenvalue weighted by atomic mass is 79.9. The van der Waals surface area contributed by atoms with Gasteiger partial charge in [-0.3, -0.25) is 0 Å². The number of aromatic carboxylic acids is 2.